The molecular formula is C17H24O4. The van der Waals surface area contributed by atoms with E-state index in [4.69, 9.17) is 9.47 Å². The van der Waals surface area contributed by atoms with E-state index in [-0.39, 0.29) is 34.9 Å². The molecule has 116 valence electrons. The van der Waals surface area contributed by atoms with E-state index in [9.17, 15) is 9.90 Å². The van der Waals surface area contributed by atoms with Crippen LogP contribution < -0.4 is 0 Å². The predicted molar refractivity (Wildman–Crippen MR) is 76.5 cm³/mol. The minimum atomic E-state index is -0.336. The van der Waals surface area contributed by atoms with Gasteiger partial charge in [-0.05, 0) is 45.4 Å². The lowest BCUT2D eigenvalue weighted by Crippen LogP contribution is -2.52. The molecular weight excluding hydrogens is 268 g/mol. The predicted octanol–water partition coefficient (Wildman–Crippen LogP) is 2.06. The highest BCUT2D eigenvalue weighted by molar-refractivity contribution is 5.74. The zero-order valence-electron chi connectivity index (χ0n) is 12.8. The van der Waals surface area contributed by atoms with E-state index in [1.165, 1.54) is 5.57 Å². The summed E-state index contributed by atoms with van der Waals surface area (Å²) in [5, 5.41) is 10.6. The lowest BCUT2D eigenvalue weighted by atomic mass is 9.55. The van der Waals surface area contributed by atoms with E-state index in [1.807, 2.05) is 6.92 Å². The summed E-state index contributed by atoms with van der Waals surface area (Å²) in [6.07, 6.45) is 5.26. The van der Waals surface area contributed by atoms with Gasteiger partial charge in [0.15, 0.2) is 0 Å². The second-order valence-electron chi connectivity index (χ2n) is 7.43. The van der Waals surface area contributed by atoms with Crippen LogP contribution in [0.15, 0.2) is 11.6 Å². The molecule has 1 heterocycles. The fraction of sp³-hybridized carbons (Fsp3) is 0.824. The SMILES string of the molecule is CCOC(=O)[C@H]1C[C@@]23CC(C)=C[C@]4(CO2)[C@H](O)CC[C@@H]1[C@@H]34. The fourth-order valence-corrected chi connectivity index (χ4v) is 5.91. The van der Waals surface area contributed by atoms with Gasteiger partial charge in [-0.1, -0.05) is 11.6 Å². The van der Waals surface area contributed by atoms with Crippen molar-refractivity contribution < 1.29 is 19.4 Å². The van der Waals surface area contributed by atoms with Crippen molar-refractivity contribution in [3.05, 3.63) is 11.6 Å². The van der Waals surface area contributed by atoms with Crippen LogP contribution in [0, 0.1) is 23.2 Å². The largest absolute Gasteiger partial charge is 0.466 e. The van der Waals surface area contributed by atoms with Gasteiger partial charge in [0.05, 0.1) is 30.8 Å². The number of hydrogen-bond acceptors (Lipinski definition) is 4. The van der Waals surface area contributed by atoms with Crippen molar-refractivity contribution in [2.75, 3.05) is 13.2 Å². The van der Waals surface area contributed by atoms with Crippen molar-refractivity contribution in [2.45, 2.75) is 51.2 Å². The first-order chi connectivity index (χ1) is 10.0. The maximum Gasteiger partial charge on any atom is 0.309 e. The van der Waals surface area contributed by atoms with Crippen molar-refractivity contribution in [1.82, 2.24) is 0 Å². The number of aliphatic hydroxyl groups is 1. The molecule has 0 amide bonds. The first kappa shape index (κ1) is 13.8. The van der Waals surface area contributed by atoms with E-state index >= 15 is 0 Å². The normalized spacial score (nSPS) is 50.5. The Hall–Kier alpha value is -0.870. The van der Waals surface area contributed by atoms with Crippen molar-refractivity contribution in [3.8, 4) is 0 Å². The highest BCUT2D eigenvalue weighted by Crippen LogP contribution is 2.68. The average molecular weight is 292 g/mol. The molecule has 4 aliphatic rings. The highest BCUT2D eigenvalue weighted by Gasteiger charge is 2.71. The number of carbonyl (C=O) groups is 1. The molecule has 0 spiro atoms. The van der Waals surface area contributed by atoms with E-state index in [1.54, 1.807) is 0 Å². The summed E-state index contributed by atoms with van der Waals surface area (Å²) in [7, 11) is 0. The molecule has 0 radical (unpaired) electrons. The van der Waals surface area contributed by atoms with Crippen LogP contribution in [0.25, 0.3) is 0 Å². The minimum Gasteiger partial charge on any atom is -0.466 e. The number of ether oxygens (including phenoxy) is 2. The van der Waals surface area contributed by atoms with E-state index in [0.29, 0.717) is 19.1 Å². The van der Waals surface area contributed by atoms with Gasteiger partial charge < -0.3 is 14.6 Å². The van der Waals surface area contributed by atoms with Crippen LogP contribution >= 0.6 is 0 Å². The molecule has 0 unspecified atom stereocenters. The Kier molecular flexibility index (Phi) is 2.84. The third-order valence-electron chi connectivity index (χ3n) is 6.34. The van der Waals surface area contributed by atoms with E-state index in [2.05, 4.69) is 13.0 Å². The summed E-state index contributed by atoms with van der Waals surface area (Å²) in [6, 6.07) is 0. The zero-order valence-corrected chi connectivity index (χ0v) is 12.8. The summed E-state index contributed by atoms with van der Waals surface area (Å²) in [6.45, 7) is 5.04. The second kappa shape index (κ2) is 4.32. The third-order valence-corrected chi connectivity index (χ3v) is 6.34. The molecule has 1 N–H and O–H groups in total. The van der Waals surface area contributed by atoms with Crippen LogP contribution in [0.2, 0.25) is 0 Å². The number of esters is 1. The van der Waals surface area contributed by atoms with Crippen LogP contribution in [-0.4, -0.2) is 36.0 Å². The number of rotatable bonds is 2. The summed E-state index contributed by atoms with van der Waals surface area (Å²) in [4.78, 5) is 12.4. The molecule has 21 heavy (non-hydrogen) atoms. The smallest absolute Gasteiger partial charge is 0.309 e. The Morgan fingerprint density at radius 2 is 2.33 bits per heavy atom. The van der Waals surface area contributed by atoms with Gasteiger partial charge in [0, 0.05) is 11.3 Å². The lowest BCUT2D eigenvalue weighted by molar-refractivity contribution is -0.151. The molecule has 0 aromatic rings. The van der Waals surface area contributed by atoms with Gasteiger partial charge in [-0.25, -0.2) is 0 Å². The van der Waals surface area contributed by atoms with Gasteiger partial charge in [0.25, 0.3) is 0 Å². The molecule has 2 bridgehead atoms. The molecule has 4 rings (SSSR count). The Morgan fingerprint density at radius 1 is 1.52 bits per heavy atom. The molecule has 4 heteroatoms. The monoisotopic (exact) mass is 292 g/mol. The third kappa shape index (κ3) is 1.61. The zero-order chi connectivity index (χ0) is 14.8. The van der Waals surface area contributed by atoms with Gasteiger partial charge in [-0.2, -0.15) is 0 Å². The summed E-state index contributed by atoms with van der Waals surface area (Å²) in [5.74, 6) is 0.470. The van der Waals surface area contributed by atoms with Gasteiger partial charge in [-0.15, -0.1) is 0 Å². The minimum absolute atomic E-state index is 0.0542. The molecule has 6 atom stereocenters. The van der Waals surface area contributed by atoms with Gasteiger partial charge in [0.2, 0.25) is 0 Å². The van der Waals surface area contributed by atoms with Gasteiger partial charge >= 0.3 is 5.97 Å². The van der Waals surface area contributed by atoms with Crippen molar-refractivity contribution >= 4 is 5.97 Å². The quantitative estimate of drug-likeness (QED) is 0.625. The van der Waals surface area contributed by atoms with Crippen LogP contribution in [0.1, 0.15) is 39.5 Å². The average Bonchev–Trinajstić information content (AvgIpc) is 2.87. The molecule has 1 saturated heterocycles. The Labute approximate surface area is 125 Å². The molecule has 2 saturated carbocycles. The van der Waals surface area contributed by atoms with E-state index < -0.39 is 0 Å². The lowest BCUT2D eigenvalue weighted by Gasteiger charge is -2.48. The molecule has 0 aromatic carbocycles. The van der Waals surface area contributed by atoms with Crippen LogP contribution in [-0.2, 0) is 14.3 Å². The van der Waals surface area contributed by atoms with Crippen molar-refractivity contribution in [1.29, 1.82) is 0 Å². The first-order valence-electron chi connectivity index (χ1n) is 8.19. The number of hydrogen-bond donors (Lipinski definition) is 1. The molecule has 4 nitrogen and oxygen atoms in total. The molecule has 3 fully saturated rings. The fourth-order valence-electron chi connectivity index (χ4n) is 5.91. The summed E-state index contributed by atoms with van der Waals surface area (Å²) >= 11 is 0. The highest BCUT2D eigenvalue weighted by atomic mass is 16.5. The molecule has 0 aromatic heterocycles. The maximum atomic E-state index is 12.4. The Bertz CT molecular complexity index is 513. The number of carbonyl (C=O) groups excluding carboxylic acids is 1. The Morgan fingerprint density at radius 3 is 3.10 bits per heavy atom. The first-order valence-corrected chi connectivity index (χ1v) is 8.19. The van der Waals surface area contributed by atoms with Crippen LogP contribution in [0.5, 0.6) is 0 Å². The van der Waals surface area contributed by atoms with Crippen molar-refractivity contribution in [2.24, 2.45) is 23.2 Å². The van der Waals surface area contributed by atoms with E-state index in [0.717, 1.165) is 25.7 Å². The maximum absolute atomic E-state index is 12.4. The standard InChI is InChI=1S/C17H24O4/c1-3-20-15(19)12-8-17-7-10(2)6-16(9-21-17)13(18)5-4-11(12)14(16)17/h6,11-14,18H,3-5,7-9H2,1-2H3/t11-,12-,13+,14+,16-,17+/m0/s1. The van der Waals surface area contributed by atoms with Crippen molar-refractivity contribution in [3.63, 3.8) is 0 Å². The van der Waals surface area contributed by atoms with Crippen LogP contribution in [0.3, 0.4) is 0 Å². The topological polar surface area (TPSA) is 55.8 Å². The summed E-state index contributed by atoms with van der Waals surface area (Å²) < 4.78 is 11.6. The van der Waals surface area contributed by atoms with Gasteiger partial charge in [-0.3, -0.25) is 4.79 Å². The molecule has 1 aliphatic heterocycles. The Balaban J connectivity index is 1.76. The second-order valence-corrected chi connectivity index (χ2v) is 7.43. The van der Waals surface area contributed by atoms with Crippen LogP contribution in [0.4, 0.5) is 0 Å². The molecule has 3 aliphatic carbocycles. The number of aliphatic hydroxyl groups excluding tert-OH is 1. The van der Waals surface area contributed by atoms with Gasteiger partial charge in [0.1, 0.15) is 0 Å². The summed E-state index contributed by atoms with van der Waals surface area (Å²) in [5.41, 5.74) is 0.808.